The molecule has 0 aliphatic carbocycles. The van der Waals surface area contributed by atoms with E-state index in [-0.39, 0.29) is 0 Å². The van der Waals surface area contributed by atoms with E-state index in [9.17, 15) is 13.2 Å². The van der Waals surface area contributed by atoms with Gasteiger partial charge in [0.1, 0.15) is 5.75 Å². The van der Waals surface area contributed by atoms with Gasteiger partial charge in [-0.15, -0.1) is 0 Å². The van der Waals surface area contributed by atoms with Crippen LogP contribution in [0.25, 0.3) is 0 Å². The number of hydrogen-bond donors (Lipinski definition) is 0. The van der Waals surface area contributed by atoms with E-state index in [1.165, 1.54) is 17.8 Å². The molecule has 0 N–H and O–H groups in total. The maximum absolute atomic E-state index is 12.5. The molecule has 0 unspecified atom stereocenters. The first-order valence-electron chi connectivity index (χ1n) is 8.12. The van der Waals surface area contributed by atoms with Gasteiger partial charge in [0.2, 0.25) is 0 Å². The third-order valence-electron chi connectivity index (χ3n) is 4.40. The minimum absolute atomic E-state index is 0.437. The maximum atomic E-state index is 12.5. The van der Waals surface area contributed by atoms with E-state index in [0.717, 1.165) is 38.1 Å². The van der Waals surface area contributed by atoms with E-state index in [1.54, 1.807) is 0 Å². The third-order valence-corrected chi connectivity index (χ3v) is 4.40. The molecular formula is C19H20F3NO. The summed E-state index contributed by atoms with van der Waals surface area (Å²) in [6.07, 6.45) is -2.26. The van der Waals surface area contributed by atoms with Crippen LogP contribution in [0.1, 0.15) is 18.4 Å². The van der Waals surface area contributed by atoms with E-state index in [4.69, 9.17) is 4.74 Å². The first kappa shape index (κ1) is 16.7. The van der Waals surface area contributed by atoms with E-state index in [2.05, 4.69) is 17.0 Å². The lowest BCUT2D eigenvalue weighted by Crippen LogP contribution is -2.35. The Morgan fingerprint density at radius 2 is 1.54 bits per heavy atom. The topological polar surface area (TPSA) is 12.5 Å². The number of piperidine rings is 1. The average molecular weight is 335 g/mol. The van der Waals surface area contributed by atoms with Gasteiger partial charge >= 0.3 is 6.18 Å². The van der Waals surface area contributed by atoms with E-state index >= 15 is 0 Å². The van der Waals surface area contributed by atoms with Gasteiger partial charge in [-0.1, -0.05) is 18.2 Å². The van der Waals surface area contributed by atoms with Gasteiger partial charge in [0, 0.05) is 18.8 Å². The summed E-state index contributed by atoms with van der Waals surface area (Å²) in [5, 5.41) is 0. The van der Waals surface area contributed by atoms with Crippen LogP contribution in [0.5, 0.6) is 5.75 Å². The summed E-state index contributed by atoms with van der Waals surface area (Å²) in [5.74, 6) is 0.931. The molecule has 3 rings (SSSR count). The number of benzene rings is 2. The lowest BCUT2D eigenvalue weighted by Gasteiger charge is -2.33. The molecule has 0 atom stereocenters. The highest BCUT2D eigenvalue weighted by molar-refractivity contribution is 5.46. The Labute approximate surface area is 139 Å². The fraction of sp³-hybridized carbons (Fsp3) is 0.368. The SMILES string of the molecule is FC(F)(F)c1ccc(OCC2CCN(c3ccccc3)CC2)cc1. The highest BCUT2D eigenvalue weighted by Crippen LogP contribution is 2.30. The summed E-state index contributed by atoms with van der Waals surface area (Å²) < 4.78 is 43.3. The minimum atomic E-state index is -4.30. The summed E-state index contributed by atoms with van der Waals surface area (Å²) in [6, 6.07) is 15.2. The average Bonchev–Trinajstić information content (AvgIpc) is 2.61. The maximum Gasteiger partial charge on any atom is 0.416 e. The first-order valence-corrected chi connectivity index (χ1v) is 8.12. The summed E-state index contributed by atoms with van der Waals surface area (Å²) in [7, 11) is 0. The second-order valence-electron chi connectivity index (χ2n) is 6.10. The van der Waals surface area contributed by atoms with Crippen molar-refractivity contribution in [2.75, 3.05) is 24.6 Å². The molecule has 0 bridgehead atoms. The molecule has 0 saturated carbocycles. The zero-order valence-corrected chi connectivity index (χ0v) is 13.3. The molecule has 2 aromatic carbocycles. The van der Waals surface area contributed by atoms with Crippen molar-refractivity contribution in [3.63, 3.8) is 0 Å². The van der Waals surface area contributed by atoms with Gasteiger partial charge in [-0.2, -0.15) is 13.2 Å². The molecule has 2 nitrogen and oxygen atoms in total. The van der Waals surface area contributed by atoms with Crippen LogP contribution >= 0.6 is 0 Å². The molecule has 1 aliphatic heterocycles. The van der Waals surface area contributed by atoms with Crippen molar-refractivity contribution in [3.8, 4) is 5.75 Å². The van der Waals surface area contributed by atoms with Crippen LogP contribution in [0.4, 0.5) is 18.9 Å². The lowest BCUT2D eigenvalue weighted by atomic mass is 9.97. The summed E-state index contributed by atoms with van der Waals surface area (Å²) >= 11 is 0. The molecule has 128 valence electrons. The molecule has 1 fully saturated rings. The van der Waals surface area contributed by atoms with Crippen molar-refractivity contribution in [2.24, 2.45) is 5.92 Å². The highest BCUT2D eigenvalue weighted by atomic mass is 19.4. The second-order valence-corrected chi connectivity index (χ2v) is 6.10. The lowest BCUT2D eigenvalue weighted by molar-refractivity contribution is -0.137. The van der Waals surface area contributed by atoms with Gasteiger partial charge in [0.15, 0.2) is 0 Å². The van der Waals surface area contributed by atoms with Gasteiger partial charge in [-0.3, -0.25) is 0 Å². The van der Waals surface area contributed by atoms with Crippen molar-refractivity contribution in [2.45, 2.75) is 19.0 Å². The van der Waals surface area contributed by atoms with Gasteiger partial charge < -0.3 is 9.64 Å². The van der Waals surface area contributed by atoms with Crippen LogP contribution in [-0.4, -0.2) is 19.7 Å². The fourth-order valence-electron chi connectivity index (χ4n) is 2.95. The Morgan fingerprint density at radius 1 is 0.917 bits per heavy atom. The van der Waals surface area contributed by atoms with Crippen LogP contribution in [0.15, 0.2) is 54.6 Å². The normalized spacial score (nSPS) is 16.2. The summed E-state index contributed by atoms with van der Waals surface area (Å²) in [6.45, 7) is 2.50. The molecule has 0 aromatic heterocycles. The van der Waals surface area contributed by atoms with Crippen molar-refractivity contribution in [1.82, 2.24) is 0 Å². The van der Waals surface area contributed by atoms with Crippen molar-refractivity contribution in [1.29, 1.82) is 0 Å². The van der Waals surface area contributed by atoms with Crippen LogP contribution in [0.2, 0.25) is 0 Å². The Kier molecular flexibility index (Phi) is 4.97. The number of nitrogens with zero attached hydrogens (tertiary/aromatic N) is 1. The zero-order chi connectivity index (χ0) is 17.0. The fourth-order valence-corrected chi connectivity index (χ4v) is 2.95. The van der Waals surface area contributed by atoms with Gasteiger partial charge in [0.05, 0.1) is 12.2 Å². The number of halogens is 3. The monoisotopic (exact) mass is 335 g/mol. The quantitative estimate of drug-likeness (QED) is 0.779. The third kappa shape index (κ3) is 4.22. The molecule has 0 amide bonds. The van der Waals surface area contributed by atoms with E-state index < -0.39 is 11.7 Å². The van der Waals surface area contributed by atoms with Crippen LogP contribution < -0.4 is 9.64 Å². The molecule has 1 heterocycles. The predicted molar refractivity (Wildman–Crippen MR) is 88.3 cm³/mol. The Morgan fingerprint density at radius 3 is 2.12 bits per heavy atom. The number of rotatable bonds is 4. The Hall–Kier alpha value is -2.17. The van der Waals surface area contributed by atoms with Crippen LogP contribution in [0, 0.1) is 5.92 Å². The van der Waals surface area contributed by atoms with Crippen molar-refractivity contribution < 1.29 is 17.9 Å². The second kappa shape index (κ2) is 7.16. The number of alkyl halides is 3. The summed E-state index contributed by atoms with van der Waals surface area (Å²) in [5.41, 5.74) is 0.589. The van der Waals surface area contributed by atoms with Gasteiger partial charge in [0.25, 0.3) is 0 Å². The van der Waals surface area contributed by atoms with Gasteiger partial charge in [-0.25, -0.2) is 0 Å². The minimum Gasteiger partial charge on any atom is -0.493 e. The number of hydrogen-bond acceptors (Lipinski definition) is 2. The molecule has 5 heteroatoms. The predicted octanol–water partition coefficient (Wildman–Crippen LogP) is 5.00. The van der Waals surface area contributed by atoms with Crippen molar-refractivity contribution >= 4 is 5.69 Å². The largest absolute Gasteiger partial charge is 0.493 e. The molecule has 1 saturated heterocycles. The molecule has 24 heavy (non-hydrogen) atoms. The first-order chi connectivity index (χ1) is 11.5. The number of para-hydroxylation sites is 1. The van der Waals surface area contributed by atoms with Crippen molar-refractivity contribution in [3.05, 3.63) is 60.2 Å². The van der Waals surface area contributed by atoms with Crippen LogP contribution in [0.3, 0.4) is 0 Å². The number of anilines is 1. The Balaban J connectivity index is 1.47. The Bertz CT molecular complexity index is 632. The molecule has 0 radical (unpaired) electrons. The van der Waals surface area contributed by atoms with E-state index in [1.807, 2.05) is 18.2 Å². The molecule has 2 aromatic rings. The van der Waals surface area contributed by atoms with Gasteiger partial charge in [-0.05, 0) is 55.2 Å². The highest BCUT2D eigenvalue weighted by Gasteiger charge is 2.30. The zero-order valence-electron chi connectivity index (χ0n) is 13.3. The molecular weight excluding hydrogens is 315 g/mol. The molecule has 1 aliphatic rings. The number of ether oxygens (including phenoxy) is 1. The van der Waals surface area contributed by atoms with E-state index in [0.29, 0.717) is 18.3 Å². The van der Waals surface area contributed by atoms with Crippen LogP contribution in [-0.2, 0) is 6.18 Å². The standard InChI is InChI=1S/C19H20F3NO/c20-19(21,22)16-6-8-18(9-7-16)24-14-15-10-12-23(13-11-15)17-4-2-1-3-5-17/h1-9,15H,10-14H2. The molecule has 0 spiro atoms. The smallest absolute Gasteiger partial charge is 0.416 e. The summed E-state index contributed by atoms with van der Waals surface area (Å²) in [4.78, 5) is 2.36.